The Balaban J connectivity index is 1.32. The van der Waals surface area contributed by atoms with Gasteiger partial charge in [0.1, 0.15) is 0 Å². The third-order valence-corrected chi connectivity index (χ3v) is 8.87. The van der Waals surface area contributed by atoms with Crippen molar-refractivity contribution in [1.82, 2.24) is 14.7 Å². The first-order valence-electron chi connectivity index (χ1n) is 10.7. The van der Waals surface area contributed by atoms with Crippen LogP contribution in [0.15, 0.2) is 30.3 Å². The van der Waals surface area contributed by atoms with E-state index in [1.807, 2.05) is 41.6 Å². The van der Waals surface area contributed by atoms with Gasteiger partial charge in [-0.25, -0.2) is 8.42 Å². The van der Waals surface area contributed by atoms with Crippen molar-refractivity contribution in [2.24, 2.45) is 0 Å². The molecule has 4 rings (SSSR count). The largest absolute Gasteiger partial charge is 0.365 e. The van der Waals surface area contributed by atoms with E-state index in [9.17, 15) is 13.2 Å². The zero-order valence-electron chi connectivity index (χ0n) is 18.2. The number of carbonyl (C=O) groups excluding carboxylic acids is 1. The van der Waals surface area contributed by atoms with Crippen molar-refractivity contribution in [2.45, 2.75) is 32.1 Å². The normalized spacial score (nSPS) is 20.9. The lowest BCUT2D eigenvalue weighted by Crippen LogP contribution is -2.49. The number of aromatic nitrogens is 2. The highest BCUT2D eigenvalue weighted by molar-refractivity contribution is 7.99. The van der Waals surface area contributed by atoms with Crippen LogP contribution in [0.5, 0.6) is 0 Å². The minimum Gasteiger partial charge on any atom is -0.365 e. The summed E-state index contributed by atoms with van der Waals surface area (Å²) in [5, 5.41) is 4.68. The molecular formula is C22H30N4O3S2. The van der Waals surface area contributed by atoms with E-state index < -0.39 is 9.84 Å². The van der Waals surface area contributed by atoms with Crippen molar-refractivity contribution in [2.75, 3.05) is 48.3 Å². The molecule has 2 aliphatic rings. The fourth-order valence-electron chi connectivity index (χ4n) is 4.54. The topological polar surface area (TPSA) is 75.5 Å². The molecule has 1 unspecified atom stereocenters. The highest BCUT2D eigenvalue weighted by Gasteiger charge is 2.33. The van der Waals surface area contributed by atoms with E-state index in [4.69, 9.17) is 0 Å². The summed E-state index contributed by atoms with van der Waals surface area (Å²) in [6, 6.07) is 10.1. The van der Waals surface area contributed by atoms with Gasteiger partial charge in [0.2, 0.25) is 5.91 Å². The summed E-state index contributed by atoms with van der Waals surface area (Å²) in [4.78, 5) is 16.9. The van der Waals surface area contributed by atoms with Crippen LogP contribution in [0.4, 0.5) is 5.69 Å². The zero-order chi connectivity index (χ0) is 22.0. The van der Waals surface area contributed by atoms with E-state index in [0.29, 0.717) is 25.3 Å². The quantitative estimate of drug-likeness (QED) is 0.656. The number of hydrogen-bond donors (Lipinski definition) is 0. The SMILES string of the molecule is Cc1nn(C2CCS(=O)(=O)C2)c(C)c1N1CCN(C(=O)CSCc2ccccc2)CC1. The van der Waals surface area contributed by atoms with Crippen molar-refractivity contribution >= 4 is 33.2 Å². The van der Waals surface area contributed by atoms with Crippen molar-refractivity contribution in [1.29, 1.82) is 0 Å². The molecule has 0 N–H and O–H groups in total. The summed E-state index contributed by atoms with van der Waals surface area (Å²) < 4.78 is 25.7. The molecule has 0 saturated carbocycles. The van der Waals surface area contributed by atoms with Crippen LogP contribution < -0.4 is 4.90 Å². The molecule has 7 nitrogen and oxygen atoms in total. The molecule has 1 aromatic carbocycles. The lowest BCUT2D eigenvalue weighted by molar-refractivity contribution is -0.128. The fourth-order valence-corrected chi connectivity index (χ4v) is 7.12. The van der Waals surface area contributed by atoms with E-state index in [-0.39, 0.29) is 23.5 Å². The van der Waals surface area contributed by atoms with Gasteiger partial charge in [-0.3, -0.25) is 9.48 Å². The van der Waals surface area contributed by atoms with Gasteiger partial charge >= 0.3 is 0 Å². The summed E-state index contributed by atoms with van der Waals surface area (Å²) in [5.41, 5.74) is 4.29. The van der Waals surface area contributed by atoms with Crippen molar-refractivity contribution in [3.8, 4) is 0 Å². The molecule has 2 aromatic rings. The van der Waals surface area contributed by atoms with E-state index in [1.165, 1.54) is 5.56 Å². The first kappa shape index (κ1) is 22.2. The molecular weight excluding hydrogens is 432 g/mol. The van der Waals surface area contributed by atoms with Gasteiger partial charge in [0.05, 0.1) is 40.4 Å². The smallest absolute Gasteiger partial charge is 0.232 e. The minimum absolute atomic E-state index is 0.0676. The molecule has 1 amide bonds. The third kappa shape index (κ3) is 5.09. The Morgan fingerprint density at radius 2 is 1.84 bits per heavy atom. The molecule has 3 heterocycles. The van der Waals surface area contributed by atoms with Crippen LogP contribution in [0.1, 0.15) is 29.4 Å². The standard InChI is InChI=1S/C22H30N4O3S2/c1-17-22(18(2)26(23-17)20-8-13-31(28,29)16-20)25-11-9-24(10-12-25)21(27)15-30-14-19-6-4-3-5-7-19/h3-7,20H,8-16H2,1-2H3. The summed E-state index contributed by atoms with van der Waals surface area (Å²) in [7, 11) is -2.95. The number of piperazine rings is 1. The van der Waals surface area contributed by atoms with E-state index in [2.05, 4.69) is 22.1 Å². The average Bonchev–Trinajstić information content (AvgIpc) is 3.26. The predicted molar refractivity (Wildman–Crippen MR) is 125 cm³/mol. The van der Waals surface area contributed by atoms with Crippen LogP contribution in [0.2, 0.25) is 0 Å². The highest BCUT2D eigenvalue weighted by atomic mass is 32.2. The van der Waals surface area contributed by atoms with Gasteiger partial charge in [-0.1, -0.05) is 30.3 Å². The first-order chi connectivity index (χ1) is 14.8. The maximum absolute atomic E-state index is 12.6. The number of aryl methyl sites for hydroxylation is 1. The number of anilines is 1. The van der Waals surface area contributed by atoms with Crippen molar-refractivity contribution < 1.29 is 13.2 Å². The Bertz CT molecular complexity index is 1030. The van der Waals surface area contributed by atoms with Gasteiger partial charge in [0.15, 0.2) is 9.84 Å². The maximum atomic E-state index is 12.6. The van der Waals surface area contributed by atoms with Crippen molar-refractivity contribution in [3.05, 3.63) is 47.3 Å². The average molecular weight is 463 g/mol. The molecule has 0 radical (unpaired) electrons. The second-order valence-corrected chi connectivity index (χ2v) is 11.6. The monoisotopic (exact) mass is 462 g/mol. The molecule has 31 heavy (non-hydrogen) atoms. The second-order valence-electron chi connectivity index (χ2n) is 8.37. The lowest BCUT2D eigenvalue weighted by Gasteiger charge is -2.36. The summed E-state index contributed by atoms with van der Waals surface area (Å²) >= 11 is 1.66. The van der Waals surface area contributed by atoms with E-state index in [0.717, 1.165) is 35.9 Å². The zero-order valence-corrected chi connectivity index (χ0v) is 19.8. The van der Waals surface area contributed by atoms with Gasteiger partial charge in [-0.05, 0) is 25.8 Å². The maximum Gasteiger partial charge on any atom is 0.232 e. The fraction of sp³-hybridized carbons (Fsp3) is 0.545. The van der Waals surface area contributed by atoms with Crippen LogP contribution in [-0.4, -0.2) is 72.4 Å². The lowest BCUT2D eigenvalue weighted by atomic mass is 10.2. The van der Waals surface area contributed by atoms with Crippen molar-refractivity contribution in [3.63, 3.8) is 0 Å². The molecule has 1 atom stereocenters. The van der Waals surface area contributed by atoms with Gasteiger partial charge in [-0.15, -0.1) is 11.8 Å². The number of sulfone groups is 1. The number of carbonyl (C=O) groups is 1. The number of amides is 1. The van der Waals surface area contributed by atoms with E-state index in [1.54, 1.807) is 11.8 Å². The minimum atomic E-state index is -2.95. The predicted octanol–water partition coefficient (Wildman–Crippen LogP) is 2.44. The van der Waals surface area contributed by atoms with Crippen LogP contribution in [0.25, 0.3) is 0 Å². The number of nitrogens with zero attached hydrogens (tertiary/aromatic N) is 4. The van der Waals surface area contributed by atoms with E-state index >= 15 is 0 Å². The summed E-state index contributed by atoms with van der Waals surface area (Å²) in [6.07, 6.45) is 0.632. The van der Waals surface area contributed by atoms with Crippen LogP contribution in [0.3, 0.4) is 0 Å². The Morgan fingerprint density at radius 3 is 2.48 bits per heavy atom. The van der Waals surface area contributed by atoms with Crippen LogP contribution >= 0.6 is 11.8 Å². The number of benzene rings is 1. The van der Waals surface area contributed by atoms with Gasteiger partial charge < -0.3 is 9.80 Å². The molecule has 168 valence electrons. The van der Waals surface area contributed by atoms with Gasteiger partial charge in [-0.2, -0.15) is 5.10 Å². The number of hydrogen-bond acceptors (Lipinski definition) is 6. The molecule has 2 saturated heterocycles. The molecule has 0 spiro atoms. The Morgan fingerprint density at radius 1 is 1.13 bits per heavy atom. The Labute approximate surface area is 188 Å². The summed E-state index contributed by atoms with van der Waals surface area (Å²) in [5.74, 6) is 1.97. The summed E-state index contributed by atoms with van der Waals surface area (Å²) in [6.45, 7) is 6.95. The molecule has 2 aliphatic heterocycles. The highest BCUT2D eigenvalue weighted by Crippen LogP contribution is 2.31. The number of rotatable bonds is 6. The Hall–Kier alpha value is -2.00. The molecule has 1 aromatic heterocycles. The van der Waals surface area contributed by atoms with Gasteiger partial charge in [0, 0.05) is 31.9 Å². The Kier molecular flexibility index (Phi) is 6.62. The first-order valence-corrected chi connectivity index (χ1v) is 13.7. The third-order valence-electron chi connectivity index (χ3n) is 6.13. The molecule has 9 heteroatoms. The number of thioether (sulfide) groups is 1. The van der Waals surface area contributed by atoms with Crippen LogP contribution in [-0.2, 0) is 20.4 Å². The van der Waals surface area contributed by atoms with Gasteiger partial charge in [0.25, 0.3) is 0 Å². The van der Waals surface area contributed by atoms with Crippen LogP contribution in [0, 0.1) is 13.8 Å². The molecule has 0 bridgehead atoms. The molecule has 2 fully saturated rings. The molecule has 0 aliphatic carbocycles. The second kappa shape index (κ2) is 9.24.